The van der Waals surface area contributed by atoms with Gasteiger partial charge in [0.15, 0.2) is 11.0 Å². The van der Waals surface area contributed by atoms with Gasteiger partial charge in [-0.2, -0.15) is 4.31 Å². The van der Waals surface area contributed by atoms with Gasteiger partial charge in [-0.3, -0.25) is 9.36 Å². The van der Waals surface area contributed by atoms with Crippen molar-refractivity contribution >= 4 is 56.6 Å². The number of carbonyl (C=O) groups is 1. The molecule has 0 fully saturated rings. The minimum absolute atomic E-state index is 0.0319. The summed E-state index contributed by atoms with van der Waals surface area (Å²) < 4.78 is 29.5. The molecular weight excluding hydrogens is 565 g/mol. The van der Waals surface area contributed by atoms with E-state index in [2.05, 4.69) is 15.5 Å². The predicted octanol–water partition coefficient (Wildman–Crippen LogP) is 6.00. The van der Waals surface area contributed by atoms with Crippen molar-refractivity contribution in [2.24, 2.45) is 0 Å². The van der Waals surface area contributed by atoms with Gasteiger partial charge < -0.3 is 5.32 Å². The van der Waals surface area contributed by atoms with E-state index in [0.717, 1.165) is 5.69 Å². The van der Waals surface area contributed by atoms with E-state index < -0.39 is 10.0 Å². The number of hydrogen-bond acceptors (Lipinski definition) is 6. The Kier molecular flexibility index (Phi) is 9.11. The summed E-state index contributed by atoms with van der Waals surface area (Å²) in [4.78, 5) is 12.9. The fourth-order valence-electron chi connectivity index (χ4n) is 3.78. The Balaban J connectivity index is 1.66. The fraction of sp³-hybridized carbons (Fsp3) is 0.192. The van der Waals surface area contributed by atoms with Gasteiger partial charge in [0.1, 0.15) is 0 Å². The van der Waals surface area contributed by atoms with Gasteiger partial charge in [0.05, 0.1) is 21.4 Å². The third-order valence-electron chi connectivity index (χ3n) is 5.62. The Morgan fingerprint density at radius 3 is 2.42 bits per heavy atom. The first kappa shape index (κ1) is 28.1. The molecule has 38 heavy (non-hydrogen) atoms. The highest BCUT2D eigenvalue weighted by Crippen LogP contribution is 2.30. The number of halogens is 2. The van der Waals surface area contributed by atoms with E-state index in [9.17, 15) is 13.2 Å². The van der Waals surface area contributed by atoms with Crippen LogP contribution in [-0.2, 0) is 14.8 Å². The molecule has 0 aliphatic heterocycles. The normalized spacial score (nSPS) is 11.6. The number of nitrogens with one attached hydrogen (secondary N) is 1. The second-order valence-corrected chi connectivity index (χ2v) is 11.8. The van der Waals surface area contributed by atoms with Crippen LogP contribution in [0.15, 0.2) is 82.8 Å². The standard InChI is InChI=1S/C26H25Cl2N5O3S2/c1-3-32(4-2)38(35,36)21-12-8-9-18(15-21)25-30-31-26(33(25)20-10-6-5-7-11-20)37-17-24(34)29-23-16-19(27)13-14-22(23)28/h5-16H,3-4,17H2,1-2H3,(H,29,34). The number of amides is 1. The molecule has 0 spiro atoms. The molecule has 1 amide bonds. The highest BCUT2D eigenvalue weighted by Gasteiger charge is 2.24. The summed E-state index contributed by atoms with van der Waals surface area (Å²) in [6, 6.07) is 20.9. The number of anilines is 1. The Bertz CT molecular complexity index is 1540. The van der Waals surface area contributed by atoms with Gasteiger partial charge in [0.25, 0.3) is 0 Å². The molecule has 4 aromatic rings. The van der Waals surface area contributed by atoms with Crippen molar-refractivity contribution in [2.75, 3.05) is 24.2 Å². The number of sulfonamides is 1. The van der Waals surface area contributed by atoms with E-state index >= 15 is 0 Å². The molecule has 1 N–H and O–H groups in total. The average molecular weight is 591 g/mol. The molecule has 1 heterocycles. The van der Waals surface area contributed by atoms with Crippen molar-refractivity contribution in [3.63, 3.8) is 0 Å². The van der Waals surface area contributed by atoms with E-state index in [1.54, 1.807) is 60.9 Å². The molecule has 3 aromatic carbocycles. The zero-order chi connectivity index (χ0) is 27.3. The van der Waals surface area contributed by atoms with Crippen LogP contribution in [0, 0.1) is 0 Å². The number of rotatable bonds is 10. The summed E-state index contributed by atoms with van der Waals surface area (Å²) in [5, 5.41) is 12.8. The molecular formula is C26H25Cl2N5O3S2. The lowest BCUT2D eigenvalue weighted by Crippen LogP contribution is -2.30. The van der Waals surface area contributed by atoms with Crippen molar-refractivity contribution in [1.82, 2.24) is 19.1 Å². The van der Waals surface area contributed by atoms with Crippen LogP contribution in [0.25, 0.3) is 17.1 Å². The Morgan fingerprint density at radius 2 is 1.71 bits per heavy atom. The topological polar surface area (TPSA) is 97.2 Å². The van der Waals surface area contributed by atoms with Crippen LogP contribution in [-0.4, -0.2) is 52.2 Å². The number of nitrogens with zero attached hydrogens (tertiary/aromatic N) is 4. The van der Waals surface area contributed by atoms with E-state index in [0.29, 0.717) is 45.4 Å². The number of hydrogen-bond donors (Lipinski definition) is 1. The molecule has 0 saturated heterocycles. The predicted molar refractivity (Wildman–Crippen MR) is 153 cm³/mol. The van der Waals surface area contributed by atoms with Gasteiger partial charge in [-0.15, -0.1) is 10.2 Å². The monoisotopic (exact) mass is 589 g/mol. The van der Waals surface area contributed by atoms with Gasteiger partial charge in [-0.05, 0) is 42.5 Å². The zero-order valence-corrected chi connectivity index (χ0v) is 23.8. The maximum atomic E-state index is 13.1. The third-order valence-corrected chi connectivity index (χ3v) is 9.16. The fourth-order valence-corrected chi connectivity index (χ4v) is 6.37. The van der Waals surface area contributed by atoms with Gasteiger partial charge in [-0.25, -0.2) is 8.42 Å². The third kappa shape index (κ3) is 6.22. The van der Waals surface area contributed by atoms with E-state index in [1.165, 1.54) is 16.1 Å². The Hall–Kier alpha value is -2.89. The molecule has 0 saturated carbocycles. The van der Waals surface area contributed by atoms with Crippen LogP contribution < -0.4 is 5.32 Å². The lowest BCUT2D eigenvalue weighted by atomic mass is 10.2. The maximum absolute atomic E-state index is 13.1. The maximum Gasteiger partial charge on any atom is 0.243 e. The highest BCUT2D eigenvalue weighted by molar-refractivity contribution is 7.99. The zero-order valence-electron chi connectivity index (χ0n) is 20.6. The van der Waals surface area contributed by atoms with Crippen LogP contribution in [0.4, 0.5) is 5.69 Å². The minimum atomic E-state index is -3.66. The number of carbonyl (C=O) groups excluding carboxylic acids is 1. The highest BCUT2D eigenvalue weighted by atomic mass is 35.5. The minimum Gasteiger partial charge on any atom is -0.324 e. The Morgan fingerprint density at radius 1 is 0.974 bits per heavy atom. The van der Waals surface area contributed by atoms with Crippen molar-refractivity contribution in [3.05, 3.63) is 82.8 Å². The van der Waals surface area contributed by atoms with Crippen molar-refractivity contribution in [2.45, 2.75) is 23.9 Å². The summed E-state index contributed by atoms with van der Waals surface area (Å²) in [6.07, 6.45) is 0. The van der Waals surface area contributed by atoms with Gasteiger partial charge in [0, 0.05) is 29.4 Å². The van der Waals surface area contributed by atoms with E-state index in [4.69, 9.17) is 23.2 Å². The smallest absolute Gasteiger partial charge is 0.243 e. The molecule has 0 bridgehead atoms. The SMILES string of the molecule is CCN(CC)S(=O)(=O)c1cccc(-c2nnc(SCC(=O)Nc3cc(Cl)ccc3Cl)n2-c2ccccc2)c1. The van der Waals surface area contributed by atoms with Crippen LogP contribution in [0.2, 0.25) is 10.0 Å². The molecule has 0 aliphatic rings. The van der Waals surface area contributed by atoms with Crippen LogP contribution in [0.3, 0.4) is 0 Å². The summed E-state index contributed by atoms with van der Waals surface area (Å²) in [6.45, 7) is 4.34. The quantitative estimate of drug-likeness (QED) is 0.228. The second-order valence-electron chi connectivity index (χ2n) is 8.06. The molecule has 1 aromatic heterocycles. The van der Waals surface area contributed by atoms with Crippen molar-refractivity contribution in [3.8, 4) is 17.1 Å². The second kappa shape index (κ2) is 12.3. The van der Waals surface area contributed by atoms with Crippen LogP contribution in [0.1, 0.15) is 13.8 Å². The molecule has 0 atom stereocenters. The summed E-state index contributed by atoms with van der Waals surface area (Å²) in [5.41, 5.74) is 1.77. The summed E-state index contributed by atoms with van der Waals surface area (Å²) in [5.74, 6) is 0.189. The molecule has 12 heteroatoms. The largest absolute Gasteiger partial charge is 0.324 e. The van der Waals surface area contributed by atoms with E-state index in [-0.39, 0.29) is 16.6 Å². The summed E-state index contributed by atoms with van der Waals surface area (Å²) in [7, 11) is -3.66. The molecule has 198 valence electrons. The first-order valence-electron chi connectivity index (χ1n) is 11.7. The number of para-hydroxylation sites is 1. The number of aromatic nitrogens is 3. The number of thioether (sulfide) groups is 1. The Labute approximate surface area is 236 Å². The average Bonchev–Trinajstić information content (AvgIpc) is 3.35. The molecule has 4 rings (SSSR count). The van der Waals surface area contributed by atoms with Gasteiger partial charge in [0.2, 0.25) is 15.9 Å². The first-order valence-corrected chi connectivity index (χ1v) is 14.9. The van der Waals surface area contributed by atoms with Crippen molar-refractivity contribution in [1.29, 1.82) is 0 Å². The van der Waals surface area contributed by atoms with Gasteiger partial charge in [-0.1, -0.05) is 79.1 Å². The lowest BCUT2D eigenvalue weighted by Gasteiger charge is -2.19. The van der Waals surface area contributed by atoms with Crippen molar-refractivity contribution < 1.29 is 13.2 Å². The lowest BCUT2D eigenvalue weighted by molar-refractivity contribution is -0.113. The molecule has 0 aliphatic carbocycles. The summed E-state index contributed by atoms with van der Waals surface area (Å²) >= 11 is 13.4. The first-order chi connectivity index (χ1) is 18.2. The van der Waals surface area contributed by atoms with E-state index in [1.807, 2.05) is 30.3 Å². The molecule has 8 nitrogen and oxygen atoms in total. The molecule has 0 unspecified atom stereocenters. The molecule has 0 radical (unpaired) electrons. The van der Waals surface area contributed by atoms with Crippen LogP contribution >= 0.6 is 35.0 Å². The van der Waals surface area contributed by atoms with Crippen LogP contribution in [0.5, 0.6) is 0 Å². The van der Waals surface area contributed by atoms with Gasteiger partial charge >= 0.3 is 0 Å². The number of benzene rings is 3.